The summed E-state index contributed by atoms with van der Waals surface area (Å²) in [5.41, 5.74) is 3.49. The van der Waals surface area contributed by atoms with Crippen molar-refractivity contribution < 1.29 is 0 Å². The molecule has 0 saturated carbocycles. The maximum Gasteiger partial charge on any atom is 0.0483 e. The second-order valence-electron chi connectivity index (χ2n) is 4.65. The Morgan fingerprint density at radius 2 is 2.18 bits per heavy atom. The minimum atomic E-state index is 0.278. The second kappa shape index (κ2) is 6.83. The quantitative estimate of drug-likeness (QED) is 0.726. The van der Waals surface area contributed by atoms with Crippen molar-refractivity contribution in [2.45, 2.75) is 39.7 Å². The average Bonchev–Trinajstić information content (AvgIpc) is 2.28. The first-order valence-electron chi connectivity index (χ1n) is 6.19. The molecule has 0 bridgehead atoms. The maximum absolute atomic E-state index is 6.38. The van der Waals surface area contributed by atoms with E-state index in [1.807, 2.05) is 13.0 Å². The zero-order valence-corrected chi connectivity index (χ0v) is 11.8. The van der Waals surface area contributed by atoms with Gasteiger partial charge >= 0.3 is 0 Å². The minimum Gasteiger partial charge on any atom is -0.310 e. The van der Waals surface area contributed by atoms with Gasteiger partial charge in [-0.1, -0.05) is 42.3 Å². The highest BCUT2D eigenvalue weighted by Crippen LogP contribution is 2.29. The summed E-state index contributed by atoms with van der Waals surface area (Å²) in [6, 6.07) is 6.49. The Hall–Kier alpha value is -0.790. The van der Waals surface area contributed by atoms with Crippen LogP contribution in [0, 0.1) is 6.92 Å². The number of nitrogens with one attached hydrogen (secondary N) is 1. The fourth-order valence-corrected chi connectivity index (χ4v) is 2.16. The molecule has 0 aliphatic carbocycles. The molecule has 1 atom stereocenters. The number of halogens is 1. The van der Waals surface area contributed by atoms with Crippen LogP contribution in [0.5, 0.6) is 0 Å². The van der Waals surface area contributed by atoms with Crippen LogP contribution < -0.4 is 5.32 Å². The van der Waals surface area contributed by atoms with Gasteiger partial charge in [-0.15, -0.1) is 6.58 Å². The maximum atomic E-state index is 6.38. The van der Waals surface area contributed by atoms with Gasteiger partial charge in [-0.2, -0.15) is 0 Å². The molecule has 1 aromatic carbocycles. The van der Waals surface area contributed by atoms with Crippen LogP contribution in [-0.2, 0) is 0 Å². The van der Waals surface area contributed by atoms with E-state index >= 15 is 0 Å². The Bertz CT molecular complexity index is 385. The molecule has 1 rings (SSSR count). The van der Waals surface area contributed by atoms with E-state index in [4.69, 9.17) is 11.6 Å². The van der Waals surface area contributed by atoms with Crippen molar-refractivity contribution in [3.8, 4) is 0 Å². The lowest BCUT2D eigenvalue weighted by molar-refractivity contribution is 0.528. The molecule has 94 valence electrons. The molecular weight excluding hydrogens is 230 g/mol. The summed E-state index contributed by atoms with van der Waals surface area (Å²) in [4.78, 5) is 0. The number of benzene rings is 1. The highest BCUT2D eigenvalue weighted by atomic mass is 35.5. The van der Waals surface area contributed by atoms with E-state index in [0.717, 1.165) is 30.0 Å². The van der Waals surface area contributed by atoms with Crippen molar-refractivity contribution in [2.75, 3.05) is 6.54 Å². The Morgan fingerprint density at radius 3 is 2.76 bits per heavy atom. The van der Waals surface area contributed by atoms with Crippen molar-refractivity contribution in [1.82, 2.24) is 5.32 Å². The van der Waals surface area contributed by atoms with E-state index in [1.165, 1.54) is 11.1 Å². The van der Waals surface area contributed by atoms with E-state index in [-0.39, 0.29) is 6.04 Å². The third-order valence-corrected chi connectivity index (χ3v) is 3.31. The van der Waals surface area contributed by atoms with Gasteiger partial charge in [0.25, 0.3) is 0 Å². The molecule has 17 heavy (non-hydrogen) atoms. The Kier molecular flexibility index (Phi) is 5.73. The van der Waals surface area contributed by atoms with Gasteiger partial charge < -0.3 is 5.32 Å². The summed E-state index contributed by atoms with van der Waals surface area (Å²) in [5, 5.41) is 4.42. The van der Waals surface area contributed by atoms with Crippen LogP contribution >= 0.6 is 11.6 Å². The van der Waals surface area contributed by atoms with Gasteiger partial charge in [0.15, 0.2) is 0 Å². The molecule has 0 aliphatic rings. The molecule has 0 spiro atoms. The molecular formula is C15H22ClN. The molecule has 0 aromatic heterocycles. The zero-order chi connectivity index (χ0) is 12.8. The van der Waals surface area contributed by atoms with E-state index in [2.05, 4.69) is 37.9 Å². The third-order valence-electron chi connectivity index (χ3n) is 2.79. The first kappa shape index (κ1) is 14.3. The van der Waals surface area contributed by atoms with Crippen molar-refractivity contribution in [2.24, 2.45) is 0 Å². The number of rotatable bonds is 6. The van der Waals surface area contributed by atoms with Crippen molar-refractivity contribution >= 4 is 11.6 Å². The lowest BCUT2D eigenvalue weighted by atomic mass is 9.98. The largest absolute Gasteiger partial charge is 0.310 e. The summed E-state index contributed by atoms with van der Waals surface area (Å²) in [5.74, 6) is 0. The van der Waals surface area contributed by atoms with Crippen LogP contribution in [0.25, 0.3) is 0 Å². The Morgan fingerprint density at radius 1 is 1.47 bits per heavy atom. The predicted molar refractivity (Wildman–Crippen MR) is 76.7 cm³/mol. The summed E-state index contributed by atoms with van der Waals surface area (Å²) in [6.07, 6.45) is 2.05. The highest BCUT2D eigenvalue weighted by molar-refractivity contribution is 6.32. The van der Waals surface area contributed by atoms with Crippen molar-refractivity contribution in [3.05, 3.63) is 46.5 Å². The molecule has 0 saturated heterocycles. The van der Waals surface area contributed by atoms with E-state index < -0.39 is 0 Å². The van der Waals surface area contributed by atoms with Crippen LogP contribution in [0.1, 0.15) is 43.9 Å². The van der Waals surface area contributed by atoms with Crippen LogP contribution in [0.4, 0.5) is 0 Å². The average molecular weight is 252 g/mol. The van der Waals surface area contributed by atoms with Crippen LogP contribution in [-0.4, -0.2) is 6.54 Å². The fourth-order valence-electron chi connectivity index (χ4n) is 1.90. The van der Waals surface area contributed by atoms with Crippen LogP contribution in [0.3, 0.4) is 0 Å². The molecule has 1 nitrogen and oxygen atoms in total. The Balaban J connectivity index is 2.94. The lowest BCUT2D eigenvalue weighted by Gasteiger charge is -2.21. The lowest BCUT2D eigenvalue weighted by Crippen LogP contribution is -2.22. The zero-order valence-electron chi connectivity index (χ0n) is 11.0. The first-order valence-corrected chi connectivity index (χ1v) is 6.56. The number of aryl methyl sites for hydroxylation is 1. The molecule has 1 N–H and O–H groups in total. The smallest absolute Gasteiger partial charge is 0.0483 e. The fraction of sp³-hybridized carbons (Fsp3) is 0.467. The molecule has 0 aliphatic heterocycles. The predicted octanol–water partition coefficient (Wildman–Crippen LogP) is 4.66. The monoisotopic (exact) mass is 251 g/mol. The molecule has 1 aromatic rings. The van der Waals surface area contributed by atoms with Gasteiger partial charge in [0.2, 0.25) is 0 Å². The summed E-state index contributed by atoms with van der Waals surface area (Å²) < 4.78 is 0. The van der Waals surface area contributed by atoms with Gasteiger partial charge in [0.05, 0.1) is 0 Å². The second-order valence-corrected chi connectivity index (χ2v) is 5.02. The molecule has 1 unspecified atom stereocenters. The van der Waals surface area contributed by atoms with Gasteiger partial charge in [-0.25, -0.2) is 0 Å². The molecule has 0 heterocycles. The summed E-state index contributed by atoms with van der Waals surface area (Å²) in [7, 11) is 0. The number of hydrogen-bond donors (Lipinski definition) is 1. The molecule has 0 fully saturated rings. The topological polar surface area (TPSA) is 12.0 Å². The van der Waals surface area contributed by atoms with Gasteiger partial charge in [0, 0.05) is 11.1 Å². The molecule has 2 heteroatoms. The third kappa shape index (κ3) is 4.18. The highest BCUT2D eigenvalue weighted by Gasteiger charge is 2.14. The van der Waals surface area contributed by atoms with E-state index in [1.54, 1.807) is 0 Å². The molecule has 0 amide bonds. The molecule has 0 radical (unpaired) electrons. The van der Waals surface area contributed by atoms with Crippen molar-refractivity contribution in [3.63, 3.8) is 0 Å². The SMILES string of the molecule is C=C(C)CC(NCCC)c1cccc(C)c1Cl. The minimum absolute atomic E-state index is 0.278. The van der Waals surface area contributed by atoms with Gasteiger partial charge in [-0.05, 0) is 44.4 Å². The van der Waals surface area contributed by atoms with Crippen LogP contribution in [0.15, 0.2) is 30.4 Å². The van der Waals surface area contributed by atoms with Gasteiger partial charge in [-0.3, -0.25) is 0 Å². The Labute approximate surface area is 110 Å². The normalized spacial score (nSPS) is 12.5. The van der Waals surface area contributed by atoms with Crippen LogP contribution in [0.2, 0.25) is 5.02 Å². The summed E-state index contributed by atoms with van der Waals surface area (Å²) >= 11 is 6.38. The van der Waals surface area contributed by atoms with E-state index in [9.17, 15) is 0 Å². The van der Waals surface area contributed by atoms with Crippen molar-refractivity contribution in [1.29, 1.82) is 0 Å². The first-order chi connectivity index (χ1) is 8.06. The number of hydrogen-bond acceptors (Lipinski definition) is 1. The summed E-state index contributed by atoms with van der Waals surface area (Å²) in [6.45, 7) is 11.3. The standard InChI is InChI=1S/C15H22ClN/c1-5-9-17-14(10-11(2)3)13-8-6-7-12(4)15(13)16/h6-8,14,17H,2,5,9-10H2,1,3-4H3. The van der Waals surface area contributed by atoms with Gasteiger partial charge in [0.1, 0.15) is 0 Å². The van der Waals surface area contributed by atoms with E-state index in [0.29, 0.717) is 0 Å².